The number of carbonyl (C=O) groups excluding carboxylic acids is 3. The molecule has 4 heterocycles. The predicted octanol–water partition coefficient (Wildman–Crippen LogP) is 5.38. The summed E-state index contributed by atoms with van der Waals surface area (Å²) in [4.78, 5) is 47.2. The van der Waals surface area contributed by atoms with Crippen LogP contribution in [0, 0.1) is 11.3 Å². The Balaban J connectivity index is 1.41. The van der Waals surface area contributed by atoms with Gasteiger partial charge in [-0.3, -0.25) is 19.7 Å². The molecule has 3 amide bonds. The van der Waals surface area contributed by atoms with E-state index >= 15 is 4.39 Å². The minimum Gasteiger partial charge on any atom is -0.366 e. The Bertz CT molecular complexity index is 1510. The Kier molecular flexibility index (Phi) is 8.89. The maximum absolute atomic E-state index is 16.3. The first kappa shape index (κ1) is 33.1. The quantitative estimate of drug-likeness (QED) is 0.213. The molecule has 2 spiro atoms. The molecule has 1 aliphatic carbocycles. The summed E-state index contributed by atoms with van der Waals surface area (Å²) >= 11 is 12.6. The molecule has 46 heavy (non-hydrogen) atoms. The van der Waals surface area contributed by atoms with E-state index in [0.717, 1.165) is 32.4 Å². The number of rotatable bonds is 6. The van der Waals surface area contributed by atoms with E-state index in [0.29, 0.717) is 42.0 Å². The van der Waals surface area contributed by atoms with Crippen LogP contribution < -0.4 is 16.0 Å². The third-order valence-electron chi connectivity index (χ3n) is 11.0. The van der Waals surface area contributed by atoms with Crippen LogP contribution in [0.25, 0.3) is 0 Å². The van der Waals surface area contributed by atoms with Crippen molar-refractivity contribution in [2.24, 2.45) is 16.3 Å². The lowest BCUT2D eigenvalue weighted by molar-refractivity contribution is -0.151. The van der Waals surface area contributed by atoms with E-state index in [2.05, 4.69) is 41.5 Å². The van der Waals surface area contributed by atoms with E-state index in [1.54, 1.807) is 30.0 Å². The van der Waals surface area contributed by atoms with Crippen molar-refractivity contribution in [3.63, 3.8) is 0 Å². The molecule has 0 unspecified atom stereocenters. The minimum absolute atomic E-state index is 0.00337. The van der Waals surface area contributed by atoms with Crippen LogP contribution in [0.5, 0.6) is 0 Å². The van der Waals surface area contributed by atoms with Gasteiger partial charge in [-0.1, -0.05) is 49.2 Å². The highest BCUT2D eigenvalue weighted by atomic mass is 35.5. The van der Waals surface area contributed by atoms with Crippen LogP contribution in [0.15, 0.2) is 45.8 Å². The van der Waals surface area contributed by atoms with Crippen molar-refractivity contribution in [1.29, 1.82) is 0 Å². The summed E-state index contributed by atoms with van der Waals surface area (Å²) in [5.74, 6) is -2.53. The molecule has 3 saturated heterocycles. The fourth-order valence-corrected chi connectivity index (χ4v) is 8.66. The number of nitrogens with one attached hydrogen (secondary N) is 3. The van der Waals surface area contributed by atoms with Crippen LogP contribution >= 0.6 is 23.2 Å². The molecule has 6 rings (SSSR count). The Labute approximate surface area is 279 Å². The van der Waals surface area contributed by atoms with Gasteiger partial charge >= 0.3 is 0 Å². The Morgan fingerprint density at radius 3 is 2.50 bits per heavy atom. The van der Waals surface area contributed by atoms with Crippen LogP contribution in [-0.4, -0.2) is 72.8 Å². The predicted molar refractivity (Wildman–Crippen MR) is 177 cm³/mol. The molecule has 248 valence electrons. The highest BCUT2D eigenvalue weighted by Gasteiger charge is 2.73. The van der Waals surface area contributed by atoms with Crippen molar-refractivity contribution in [2.75, 3.05) is 25.0 Å². The summed E-state index contributed by atoms with van der Waals surface area (Å²) in [6.07, 6.45) is 5.84. The highest BCUT2D eigenvalue weighted by molar-refractivity contribution is 6.31. The monoisotopic (exact) mass is 673 g/mol. The second kappa shape index (κ2) is 12.3. The summed E-state index contributed by atoms with van der Waals surface area (Å²) in [7, 11) is 0. The molecule has 1 aromatic carbocycles. The van der Waals surface area contributed by atoms with Crippen molar-refractivity contribution in [1.82, 2.24) is 15.5 Å². The van der Waals surface area contributed by atoms with Crippen LogP contribution in [0.2, 0.25) is 5.02 Å². The number of hydrogen-bond donors (Lipinski definition) is 3. The van der Waals surface area contributed by atoms with Crippen molar-refractivity contribution in [2.45, 2.75) is 94.9 Å². The molecule has 0 aromatic heterocycles. The van der Waals surface area contributed by atoms with E-state index in [4.69, 9.17) is 27.9 Å². The van der Waals surface area contributed by atoms with Gasteiger partial charge in [0.2, 0.25) is 11.8 Å². The van der Waals surface area contributed by atoms with Gasteiger partial charge in [-0.15, -0.1) is 0 Å². The second-order valence-electron chi connectivity index (χ2n) is 14.1. The van der Waals surface area contributed by atoms with E-state index in [-0.39, 0.29) is 41.4 Å². The number of fused-ring (bicyclic) bond motifs is 3. The third-order valence-corrected chi connectivity index (χ3v) is 11.5. The largest absolute Gasteiger partial charge is 0.366 e. The number of hydrogen-bond acceptors (Lipinski definition) is 6. The van der Waals surface area contributed by atoms with Crippen molar-refractivity contribution < 1.29 is 23.5 Å². The molecule has 1 saturated carbocycles. The van der Waals surface area contributed by atoms with E-state index in [1.807, 2.05) is 6.07 Å². The van der Waals surface area contributed by atoms with Gasteiger partial charge in [-0.2, -0.15) is 0 Å². The number of nitrogens with zero attached hydrogens (tertiary/aromatic N) is 2. The lowest BCUT2D eigenvalue weighted by Crippen LogP contribution is -2.62. The van der Waals surface area contributed by atoms with Crippen molar-refractivity contribution in [3.8, 4) is 0 Å². The molecular formula is C34H42Cl2FN5O4. The van der Waals surface area contributed by atoms with Gasteiger partial charge in [0.25, 0.3) is 5.91 Å². The van der Waals surface area contributed by atoms with E-state index in [1.165, 1.54) is 0 Å². The molecule has 4 aliphatic heterocycles. The Hall–Kier alpha value is -2.79. The molecule has 0 bridgehead atoms. The number of ether oxygens (including phenoxy) is 1. The molecule has 5 atom stereocenters. The van der Waals surface area contributed by atoms with Gasteiger partial charge in [0.15, 0.2) is 11.0 Å². The fraction of sp³-hybridized carbons (Fsp3) is 0.588. The average Bonchev–Trinajstić information content (AvgIpc) is 3.46. The first-order valence-corrected chi connectivity index (χ1v) is 16.9. The summed E-state index contributed by atoms with van der Waals surface area (Å²) in [6.45, 7) is 11.1. The molecule has 12 heteroatoms. The zero-order valence-electron chi connectivity index (χ0n) is 26.6. The van der Waals surface area contributed by atoms with Crippen LogP contribution in [0.1, 0.15) is 71.3 Å². The average molecular weight is 675 g/mol. The Morgan fingerprint density at radius 2 is 1.91 bits per heavy atom. The Morgan fingerprint density at radius 1 is 1.20 bits per heavy atom. The van der Waals surface area contributed by atoms with E-state index < -0.39 is 40.0 Å². The maximum atomic E-state index is 16.3. The van der Waals surface area contributed by atoms with Gasteiger partial charge in [0.1, 0.15) is 11.5 Å². The number of halogens is 3. The first-order valence-electron chi connectivity index (χ1n) is 16.2. The lowest BCUT2D eigenvalue weighted by atomic mass is 9.53. The molecule has 0 radical (unpaired) electrons. The SMILES string of the molecule is C=N/C(Cl)=C(F)\C(=C/C)[C@H]1[C@H](C(=O)N[C@@H]2CC[C@@H](C(=O)N3CCC3)OC2)NC2(CCC(C)(C)CC2)[C@@]12C(=O)Nc1cc(Cl)ccc12. The van der Waals surface area contributed by atoms with E-state index in [9.17, 15) is 14.4 Å². The highest BCUT2D eigenvalue weighted by Crippen LogP contribution is 2.63. The number of likely N-dealkylation sites (tertiary alicyclic amines) is 1. The standard InChI is InChI=1S/C34H42Cl2FN5O4/c1-5-21(26(37)28(36)38-4)25-27(29(43)39-20-8-10-24(46-18-20)30(44)42-15-6-16-42)41-33(13-11-32(2,3)12-14-33)34(25)22-9-7-19(35)17-23(22)40-31(34)45/h5,7,9,17,20,24-25,27,41H,4,6,8,10-16,18H2,1-3H3,(H,39,43)(H,40,45)/b21-5-,28-26+/t20-,24+,25+,27-,34-/m1/s1. The topological polar surface area (TPSA) is 112 Å². The number of benzene rings is 1. The van der Waals surface area contributed by atoms with Crippen molar-refractivity contribution >= 4 is 53.3 Å². The third kappa shape index (κ3) is 5.29. The fourth-order valence-electron chi connectivity index (χ4n) is 8.38. The van der Waals surface area contributed by atoms with Crippen LogP contribution in [0.4, 0.5) is 10.1 Å². The van der Waals surface area contributed by atoms with Crippen molar-refractivity contribution in [3.05, 3.63) is 51.4 Å². The van der Waals surface area contributed by atoms with Gasteiger partial charge in [0.05, 0.1) is 18.7 Å². The lowest BCUT2D eigenvalue weighted by Gasteiger charge is -2.50. The van der Waals surface area contributed by atoms with Gasteiger partial charge < -0.3 is 20.3 Å². The molecule has 4 fully saturated rings. The smallest absolute Gasteiger partial charge is 0.251 e. The summed E-state index contributed by atoms with van der Waals surface area (Å²) in [5, 5.41) is 9.83. The van der Waals surface area contributed by atoms with Crippen LogP contribution in [0.3, 0.4) is 0 Å². The summed E-state index contributed by atoms with van der Waals surface area (Å²) in [6, 6.07) is 3.87. The van der Waals surface area contributed by atoms with Crippen LogP contribution in [-0.2, 0) is 24.5 Å². The van der Waals surface area contributed by atoms with Gasteiger partial charge in [-0.05, 0) is 87.3 Å². The van der Waals surface area contributed by atoms with Gasteiger partial charge in [-0.25, -0.2) is 9.38 Å². The normalized spacial score (nSPS) is 32.0. The number of carbonyl (C=O) groups is 3. The number of allylic oxidation sites excluding steroid dienone is 2. The summed E-state index contributed by atoms with van der Waals surface area (Å²) in [5.41, 5.74) is -0.932. The molecular weight excluding hydrogens is 632 g/mol. The number of amides is 3. The second-order valence-corrected chi connectivity index (χ2v) is 14.9. The number of anilines is 1. The molecule has 1 aromatic rings. The molecule has 3 N–H and O–H groups in total. The first-order chi connectivity index (χ1) is 21.9. The zero-order valence-corrected chi connectivity index (χ0v) is 28.1. The molecule has 5 aliphatic rings. The zero-order chi connectivity index (χ0) is 33.0. The van der Waals surface area contributed by atoms with Gasteiger partial charge in [0, 0.05) is 35.3 Å². The number of aliphatic imine (C=N–C) groups is 1. The summed E-state index contributed by atoms with van der Waals surface area (Å²) < 4.78 is 22.2. The minimum atomic E-state index is -1.37. The maximum Gasteiger partial charge on any atom is 0.251 e. The molecule has 9 nitrogen and oxygen atoms in total.